The lowest BCUT2D eigenvalue weighted by atomic mass is 10.2. The van der Waals surface area contributed by atoms with Crippen molar-refractivity contribution in [1.82, 2.24) is 14.8 Å². The molecule has 2 N–H and O–H groups in total. The molecule has 4 rings (SSSR count). The molecule has 1 aliphatic heterocycles. The van der Waals surface area contributed by atoms with Crippen LogP contribution in [0.5, 0.6) is 11.5 Å². The van der Waals surface area contributed by atoms with Crippen molar-refractivity contribution >= 4 is 23.5 Å². The molecule has 1 aliphatic rings. The van der Waals surface area contributed by atoms with Crippen LogP contribution >= 0.6 is 0 Å². The Balaban J connectivity index is 1.53. The maximum Gasteiger partial charge on any atom is 0.252 e. The van der Waals surface area contributed by atoms with Crippen molar-refractivity contribution in [2.45, 2.75) is 12.5 Å². The largest absolute Gasteiger partial charge is 0.497 e. The highest BCUT2D eigenvalue weighted by Crippen LogP contribution is 2.31. The van der Waals surface area contributed by atoms with E-state index in [-0.39, 0.29) is 18.2 Å². The highest BCUT2D eigenvalue weighted by Gasteiger charge is 2.35. The van der Waals surface area contributed by atoms with E-state index < -0.39 is 6.04 Å². The normalized spacial score (nSPS) is 14.8. The highest BCUT2D eigenvalue weighted by atomic mass is 16.5. The van der Waals surface area contributed by atoms with Gasteiger partial charge in [-0.05, 0) is 12.1 Å². The van der Waals surface area contributed by atoms with Crippen LogP contribution in [0.25, 0.3) is 11.4 Å². The minimum Gasteiger partial charge on any atom is -0.497 e. The molecule has 0 radical (unpaired) electrons. The molecular weight excluding hydrogens is 374 g/mol. The molecule has 9 heteroatoms. The zero-order valence-corrected chi connectivity index (χ0v) is 15.9. The number of nitrogens with one attached hydrogen (secondary N) is 2. The van der Waals surface area contributed by atoms with E-state index in [1.54, 1.807) is 18.2 Å². The Hall–Kier alpha value is -3.88. The lowest BCUT2D eigenvalue weighted by Crippen LogP contribution is -2.24. The fourth-order valence-electron chi connectivity index (χ4n) is 3.11. The smallest absolute Gasteiger partial charge is 0.252 e. The van der Waals surface area contributed by atoms with E-state index in [9.17, 15) is 9.59 Å². The van der Waals surface area contributed by atoms with Gasteiger partial charge in [-0.3, -0.25) is 14.9 Å². The van der Waals surface area contributed by atoms with Crippen LogP contribution in [0.15, 0.2) is 48.5 Å². The molecule has 2 aromatic carbocycles. The van der Waals surface area contributed by atoms with Crippen LogP contribution in [0, 0.1) is 0 Å². The number of hydrogen-bond acceptors (Lipinski definition) is 6. The maximum atomic E-state index is 12.6. The minimum absolute atomic E-state index is 0.100. The third kappa shape index (κ3) is 3.62. The number of benzene rings is 2. The van der Waals surface area contributed by atoms with Crippen molar-refractivity contribution in [3.05, 3.63) is 48.5 Å². The Labute approximate surface area is 166 Å². The number of ether oxygens (including phenoxy) is 2. The molecule has 2 heterocycles. The number of rotatable bonds is 6. The highest BCUT2D eigenvalue weighted by molar-refractivity contribution is 6.01. The van der Waals surface area contributed by atoms with Gasteiger partial charge in [-0.2, -0.15) is 4.98 Å². The summed E-state index contributed by atoms with van der Waals surface area (Å²) in [5.41, 5.74) is 1.28. The van der Waals surface area contributed by atoms with Crippen molar-refractivity contribution in [2.75, 3.05) is 24.9 Å². The summed E-state index contributed by atoms with van der Waals surface area (Å²) in [6.45, 7) is 0. The number of aromatic nitrogens is 3. The van der Waals surface area contributed by atoms with Gasteiger partial charge in [0.05, 0.1) is 26.3 Å². The maximum absolute atomic E-state index is 12.6. The van der Waals surface area contributed by atoms with Crippen molar-refractivity contribution in [3.63, 3.8) is 0 Å². The van der Waals surface area contributed by atoms with Crippen LogP contribution in [0.1, 0.15) is 12.5 Å². The van der Waals surface area contributed by atoms with Gasteiger partial charge in [-0.1, -0.05) is 30.3 Å². The van der Waals surface area contributed by atoms with Gasteiger partial charge < -0.3 is 14.8 Å². The van der Waals surface area contributed by atoms with Crippen molar-refractivity contribution in [3.8, 4) is 22.9 Å². The monoisotopic (exact) mass is 393 g/mol. The molecule has 0 unspecified atom stereocenters. The van der Waals surface area contributed by atoms with Gasteiger partial charge in [0.15, 0.2) is 5.82 Å². The SMILES string of the molecule is COc1ccc(OC)c(NC(=O)C[C@H]2C(=O)Nc3nc(-c4ccccc4)nn32)c1. The first-order valence-electron chi connectivity index (χ1n) is 8.93. The molecule has 1 aromatic heterocycles. The Kier molecular flexibility index (Phi) is 4.86. The quantitative estimate of drug-likeness (QED) is 0.666. The Morgan fingerprint density at radius 2 is 1.97 bits per heavy atom. The van der Waals surface area contributed by atoms with Gasteiger partial charge in [-0.15, -0.1) is 5.10 Å². The molecule has 9 nitrogen and oxygen atoms in total. The van der Waals surface area contributed by atoms with Gasteiger partial charge in [0.2, 0.25) is 11.9 Å². The molecule has 0 spiro atoms. The number of methoxy groups -OCH3 is 2. The summed E-state index contributed by atoms with van der Waals surface area (Å²) >= 11 is 0. The van der Waals surface area contributed by atoms with E-state index in [0.29, 0.717) is 29.0 Å². The van der Waals surface area contributed by atoms with E-state index in [1.165, 1.54) is 18.9 Å². The molecule has 29 heavy (non-hydrogen) atoms. The number of nitrogens with zero attached hydrogens (tertiary/aromatic N) is 3. The van der Waals surface area contributed by atoms with Gasteiger partial charge in [0, 0.05) is 11.6 Å². The van der Waals surface area contributed by atoms with E-state index >= 15 is 0 Å². The molecule has 2 amide bonds. The average Bonchev–Trinajstić information content (AvgIpc) is 3.27. The second-order valence-electron chi connectivity index (χ2n) is 6.39. The second kappa shape index (κ2) is 7.63. The molecular formula is C20H19N5O4. The van der Waals surface area contributed by atoms with Gasteiger partial charge in [0.25, 0.3) is 5.91 Å². The first-order valence-corrected chi connectivity index (χ1v) is 8.93. The summed E-state index contributed by atoms with van der Waals surface area (Å²) in [4.78, 5) is 29.3. The van der Waals surface area contributed by atoms with Crippen molar-refractivity contribution in [2.24, 2.45) is 0 Å². The fourth-order valence-corrected chi connectivity index (χ4v) is 3.11. The van der Waals surface area contributed by atoms with Gasteiger partial charge in [0.1, 0.15) is 17.5 Å². The van der Waals surface area contributed by atoms with Gasteiger partial charge in [-0.25, -0.2) is 4.68 Å². The van der Waals surface area contributed by atoms with Crippen LogP contribution in [0.4, 0.5) is 11.6 Å². The second-order valence-corrected chi connectivity index (χ2v) is 6.39. The molecule has 0 fully saturated rings. The Morgan fingerprint density at radius 1 is 1.17 bits per heavy atom. The summed E-state index contributed by atoms with van der Waals surface area (Å²) in [5, 5.41) is 9.85. The molecule has 0 bridgehead atoms. The molecule has 0 aliphatic carbocycles. The zero-order chi connectivity index (χ0) is 20.4. The van der Waals surface area contributed by atoms with Crippen LogP contribution in [0.3, 0.4) is 0 Å². The molecule has 148 valence electrons. The predicted molar refractivity (Wildman–Crippen MR) is 106 cm³/mol. The summed E-state index contributed by atoms with van der Waals surface area (Å²) in [5.74, 6) is 1.19. The van der Waals surface area contributed by atoms with Crippen LogP contribution in [0.2, 0.25) is 0 Å². The van der Waals surface area contributed by atoms with Crippen molar-refractivity contribution < 1.29 is 19.1 Å². The number of carbonyl (C=O) groups excluding carboxylic acids is 2. The Bertz CT molecular complexity index is 1060. The van der Waals surface area contributed by atoms with Crippen LogP contribution in [-0.4, -0.2) is 40.8 Å². The number of anilines is 2. The molecule has 3 aromatic rings. The minimum atomic E-state index is -0.786. The summed E-state index contributed by atoms with van der Waals surface area (Å²) in [6, 6.07) is 13.7. The summed E-state index contributed by atoms with van der Waals surface area (Å²) in [6.07, 6.45) is -0.100. The number of fused-ring (bicyclic) bond motifs is 1. The predicted octanol–water partition coefficient (Wildman–Crippen LogP) is 2.48. The lowest BCUT2D eigenvalue weighted by molar-refractivity contribution is -0.123. The standard InChI is InChI=1S/C20H19N5O4/c1-28-13-8-9-16(29-2)14(10-13)21-17(26)11-15-19(27)23-20-22-18(24-25(15)20)12-6-4-3-5-7-12/h3-10,15H,11H2,1-2H3,(H,21,26)(H,22,23,24,27)/t15-/m0/s1. The third-order valence-corrected chi connectivity index (χ3v) is 4.56. The van der Waals surface area contributed by atoms with E-state index in [0.717, 1.165) is 5.56 Å². The molecule has 1 atom stereocenters. The number of carbonyl (C=O) groups is 2. The Morgan fingerprint density at radius 3 is 2.69 bits per heavy atom. The molecule has 0 saturated heterocycles. The first kappa shape index (κ1) is 18.5. The first-order chi connectivity index (χ1) is 14.1. The summed E-state index contributed by atoms with van der Waals surface area (Å²) < 4.78 is 11.9. The summed E-state index contributed by atoms with van der Waals surface area (Å²) in [7, 11) is 3.04. The van der Waals surface area contributed by atoms with E-state index in [4.69, 9.17) is 9.47 Å². The van der Waals surface area contributed by atoms with Crippen molar-refractivity contribution in [1.29, 1.82) is 0 Å². The fraction of sp³-hybridized carbons (Fsp3) is 0.200. The van der Waals surface area contributed by atoms with Gasteiger partial charge >= 0.3 is 0 Å². The number of hydrogen-bond donors (Lipinski definition) is 2. The van der Waals surface area contributed by atoms with E-state index in [2.05, 4.69) is 20.7 Å². The topological polar surface area (TPSA) is 107 Å². The zero-order valence-electron chi connectivity index (χ0n) is 15.9. The number of amides is 2. The van der Waals surface area contributed by atoms with Crippen LogP contribution in [-0.2, 0) is 9.59 Å². The van der Waals surface area contributed by atoms with Crippen LogP contribution < -0.4 is 20.1 Å². The average molecular weight is 393 g/mol. The lowest BCUT2D eigenvalue weighted by Gasteiger charge is -2.13. The molecule has 0 saturated carbocycles. The van der Waals surface area contributed by atoms with E-state index in [1.807, 2.05) is 30.3 Å². The third-order valence-electron chi connectivity index (χ3n) is 4.56.